The maximum Gasteiger partial charge on any atom is 0.417 e. The number of anilines is 2. The van der Waals surface area contributed by atoms with E-state index < -0.39 is 33.2 Å². The number of nitrogens with one attached hydrogen (secondary N) is 2. The normalized spacial score (nSPS) is 11.5. The van der Waals surface area contributed by atoms with Gasteiger partial charge in [-0.2, -0.15) is 18.4 Å². The van der Waals surface area contributed by atoms with Gasteiger partial charge in [0.1, 0.15) is 11.6 Å². The Morgan fingerprint density at radius 3 is 2.54 bits per heavy atom. The fourth-order valence-electron chi connectivity index (χ4n) is 2.03. The van der Waals surface area contributed by atoms with E-state index in [1.165, 1.54) is 24.3 Å². The molecule has 7 nitrogen and oxygen atoms in total. The van der Waals surface area contributed by atoms with Crippen LogP contribution >= 0.6 is 11.6 Å². The molecule has 1 amide bonds. The average Bonchev–Trinajstić information content (AvgIpc) is 2.63. The SMILES string of the molecule is N#C/C(=C/Nc1cccc([N+](=O)[O-])c1)C(=O)Nc1ccc(Cl)c(C(F)(F)F)c1. The zero-order valence-electron chi connectivity index (χ0n) is 13.7. The topological polar surface area (TPSA) is 108 Å². The molecule has 0 bridgehead atoms. The van der Waals surface area contributed by atoms with Gasteiger partial charge in [-0.3, -0.25) is 14.9 Å². The first-order valence-corrected chi connectivity index (χ1v) is 7.79. The smallest absolute Gasteiger partial charge is 0.360 e. The molecule has 0 heterocycles. The van der Waals surface area contributed by atoms with Crippen LogP contribution < -0.4 is 10.6 Å². The average molecular weight is 411 g/mol. The largest absolute Gasteiger partial charge is 0.417 e. The van der Waals surface area contributed by atoms with Gasteiger partial charge in [-0.15, -0.1) is 0 Å². The minimum atomic E-state index is -4.71. The van der Waals surface area contributed by atoms with E-state index >= 15 is 0 Å². The third kappa shape index (κ3) is 5.21. The Kier molecular flexibility index (Phi) is 6.22. The lowest BCUT2D eigenvalue weighted by Gasteiger charge is -2.11. The summed E-state index contributed by atoms with van der Waals surface area (Å²) in [5, 5.41) is 24.0. The number of alkyl halides is 3. The highest BCUT2D eigenvalue weighted by atomic mass is 35.5. The van der Waals surface area contributed by atoms with E-state index in [4.69, 9.17) is 16.9 Å². The highest BCUT2D eigenvalue weighted by Crippen LogP contribution is 2.36. The van der Waals surface area contributed by atoms with Crippen LogP contribution in [0.4, 0.5) is 30.2 Å². The molecule has 0 saturated carbocycles. The van der Waals surface area contributed by atoms with Gasteiger partial charge in [0.15, 0.2) is 0 Å². The Morgan fingerprint density at radius 1 is 1.21 bits per heavy atom. The van der Waals surface area contributed by atoms with E-state index in [9.17, 15) is 28.1 Å². The molecule has 0 aliphatic heterocycles. The van der Waals surface area contributed by atoms with Crippen molar-refractivity contribution >= 4 is 34.6 Å². The van der Waals surface area contributed by atoms with Gasteiger partial charge in [0.25, 0.3) is 11.6 Å². The van der Waals surface area contributed by atoms with Crippen molar-refractivity contribution in [1.82, 2.24) is 0 Å². The fraction of sp³-hybridized carbons (Fsp3) is 0.0588. The van der Waals surface area contributed by atoms with E-state index in [1.807, 2.05) is 0 Å². The second kappa shape index (κ2) is 8.41. The number of hydrogen-bond donors (Lipinski definition) is 2. The molecular weight excluding hydrogens is 401 g/mol. The second-order valence-corrected chi connectivity index (χ2v) is 5.68. The number of nitro groups is 1. The van der Waals surface area contributed by atoms with E-state index in [-0.39, 0.29) is 17.1 Å². The van der Waals surface area contributed by atoms with Gasteiger partial charge in [0.05, 0.1) is 15.5 Å². The van der Waals surface area contributed by atoms with Crippen molar-refractivity contribution < 1.29 is 22.9 Å². The number of amides is 1. The molecule has 28 heavy (non-hydrogen) atoms. The van der Waals surface area contributed by atoms with E-state index in [2.05, 4.69) is 10.6 Å². The third-order valence-electron chi connectivity index (χ3n) is 3.33. The maximum absolute atomic E-state index is 12.9. The Hall–Kier alpha value is -3.58. The number of nitriles is 1. The third-order valence-corrected chi connectivity index (χ3v) is 3.66. The molecule has 0 aromatic heterocycles. The summed E-state index contributed by atoms with van der Waals surface area (Å²) in [5.41, 5.74) is -1.78. The molecule has 2 rings (SSSR count). The zero-order valence-corrected chi connectivity index (χ0v) is 14.5. The van der Waals surface area contributed by atoms with Crippen LogP contribution in [-0.2, 0) is 11.0 Å². The van der Waals surface area contributed by atoms with E-state index in [0.29, 0.717) is 6.07 Å². The first-order valence-electron chi connectivity index (χ1n) is 7.41. The molecule has 0 spiro atoms. The number of non-ortho nitro benzene ring substituents is 1. The number of rotatable bonds is 5. The van der Waals surface area contributed by atoms with Crippen LogP contribution in [0.1, 0.15) is 5.56 Å². The Morgan fingerprint density at radius 2 is 1.93 bits per heavy atom. The molecular formula is C17H10ClF3N4O3. The predicted octanol–water partition coefficient (Wildman–Crippen LogP) is 4.73. The van der Waals surface area contributed by atoms with E-state index in [0.717, 1.165) is 18.3 Å². The monoisotopic (exact) mass is 410 g/mol. The highest BCUT2D eigenvalue weighted by Gasteiger charge is 2.33. The Balaban J connectivity index is 2.18. The number of nitro benzene ring substituents is 1. The van der Waals surface area contributed by atoms with Crippen molar-refractivity contribution in [2.75, 3.05) is 10.6 Å². The lowest BCUT2D eigenvalue weighted by atomic mass is 10.2. The molecule has 0 aliphatic carbocycles. The summed E-state index contributed by atoms with van der Waals surface area (Å²) in [6.45, 7) is 0. The van der Waals surface area contributed by atoms with Gasteiger partial charge < -0.3 is 10.6 Å². The molecule has 0 unspecified atom stereocenters. The van der Waals surface area contributed by atoms with E-state index in [1.54, 1.807) is 6.07 Å². The molecule has 11 heteroatoms. The molecule has 0 radical (unpaired) electrons. The summed E-state index contributed by atoms with van der Waals surface area (Å²) in [5.74, 6) is -0.976. The minimum absolute atomic E-state index is 0.206. The van der Waals surface area contributed by atoms with Gasteiger partial charge >= 0.3 is 6.18 Å². The molecule has 2 N–H and O–H groups in total. The van der Waals surface area contributed by atoms with Crippen molar-refractivity contribution in [3.63, 3.8) is 0 Å². The predicted molar refractivity (Wildman–Crippen MR) is 95.5 cm³/mol. The number of nitrogens with zero attached hydrogens (tertiary/aromatic N) is 2. The first kappa shape index (κ1) is 20.7. The molecule has 0 atom stereocenters. The van der Waals surface area contributed by atoms with Crippen LogP contribution in [0.5, 0.6) is 0 Å². The summed E-state index contributed by atoms with van der Waals surface area (Å²) >= 11 is 5.51. The van der Waals surface area contributed by atoms with Gasteiger partial charge in [-0.05, 0) is 24.3 Å². The van der Waals surface area contributed by atoms with Gasteiger partial charge in [-0.25, -0.2) is 0 Å². The summed E-state index contributed by atoms with van der Waals surface area (Å²) in [7, 11) is 0. The van der Waals surface area contributed by atoms with Crippen molar-refractivity contribution in [1.29, 1.82) is 5.26 Å². The molecule has 0 saturated heterocycles. The standard InChI is InChI=1S/C17H10ClF3N4O3/c18-15-5-4-12(7-14(15)17(19,20)21)24-16(26)10(8-22)9-23-11-2-1-3-13(6-11)25(27)28/h1-7,9,23H,(H,24,26)/b10-9-. The minimum Gasteiger partial charge on any atom is -0.360 e. The Bertz CT molecular complexity index is 1000. The molecule has 2 aromatic carbocycles. The summed E-state index contributed by atoms with van der Waals surface area (Å²) in [6.07, 6.45) is -3.73. The van der Waals surface area contributed by atoms with Crippen LogP contribution in [0.25, 0.3) is 0 Å². The van der Waals surface area contributed by atoms with Crippen molar-refractivity contribution in [3.8, 4) is 6.07 Å². The highest BCUT2D eigenvalue weighted by molar-refractivity contribution is 6.31. The molecule has 0 fully saturated rings. The quantitative estimate of drug-likeness (QED) is 0.321. The van der Waals surface area contributed by atoms with Crippen LogP contribution in [-0.4, -0.2) is 10.8 Å². The fourth-order valence-corrected chi connectivity index (χ4v) is 2.26. The molecule has 144 valence electrons. The van der Waals surface area contributed by atoms with Crippen LogP contribution in [0.15, 0.2) is 54.2 Å². The number of benzene rings is 2. The van der Waals surface area contributed by atoms with Crippen LogP contribution in [0, 0.1) is 21.4 Å². The second-order valence-electron chi connectivity index (χ2n) is 5.27. The number of halogens is 4. The van der Waals surface area contributed by atoms with Crippen molar-refractivity contribution in [2.45, 2.75) is 6.18 Å². The number of carbonyl (C=O) groups excluding carboxylic acids is 1. The van der Waals surface area contributed by atoms with Crippen LogP contribution in [0.3, 0.4) is 0 Å². The van der Waals surface area contributed by atoms with Gasteiger partial charge in [-0.1, -0.05) is 17.7 Å². The summed E-state index contributed by atoms with van der Waals surface area (Å²) in [4.78, 5) is 22.2. The number of hydrogen-bond acceptors (Lipinski definition) is 5. The van der Waals surface area contributed by atoms with Crippen molar-refractivity contribution in [2.24, 2.45) is 0 Å². The maximum atomic E-state index is 12.9. The lowest BCUT2D eigenvalue weighted by Crippen LogP contribution is -2.15. The zero-order chi connectivity index (χ0) is 20.9. The molecule has 2 aromatic rings. The number of carbonyl (C=O) groups is 1. The van der Waals surface area contributed by atoms with Gasteiger partial charge in [0, 0.05) is 29.7 Å². The first-order chi connectivity index (χ1) is 13.1. The van der Waals surface area contributed by atoms with Crippen LogP contribution in [0.2, 0.25) is 5.02 Å². The molecule has 0 aliphatic rings. The summed E-state index contributed by atoms with van der Waals surface area (Å²) < 4.78 is 38.6. The Labute approximate surface area is 161 Å². The van der Waals surface area contributed by atoms with Gasteiger partial charge in [0.2, 0.25) is 0 Å². The lowest BCUT2D eigenvalue weighted by molar-refractivity contribution is -0.384. The summed E-state index contributed by atoms with van der Waals surface area (Å²) in [6, 6.07) is 9.65. The van der Waals surface area contributed by atoms with Crippen molar-refractivity contribution in [3.05, 3.63) is 74.9 Å².